The van der Waals surface area contributed by atoms with Crippen molar-refractivity contribution in [2.24, 2.45) is 0 Å². The molecule has 0 bridgehead atoms. The maximum Gasteiger partial charge on any atom is 0.143 e. The second-order valence-corrected chi connectivity index (χ2v) is 11.2. The van der Waals surface area contributed by atoms with Gasteiger partial charge in [-0.3, -0.25) is 0 Å². The largest absolute Gasteiger partial charge is 0.455 e. The number of hydrogen-bond donors (Lipinski definition) is 0. The van der Waals surface area contributed by atoms with Crippen LogP contribution in [-0.4, -0.2) is 0 Å². The van der Waals surface area contributed by atoms with Crippen molar-refractivity contribution in [1.29, 1.82) is 0 Å². The first-order valence-electron chi connectivity index (χ1n) is 14.8. The van der Waals surface area contributed by atoms with Crippen molar-refractivity contribution in [2.45, 2.75) is 0 Å². The van der Waals surface area contributed by atoms with E-state index in [1.54, 1.807) is 0 Å². The van der Waals surface area contributed by atoms with Gasteiger partial charge in [-0.15, -0.1) is 0 Å². The molecule has 0 radical (unpaired) electrons. The summed E-state index contributed by atoms with van der Waals surface area (Å²) in [4.78, 5) is 0. The lowest BCUT2D eigenvalue weighted by Crippen LogP contribution is -1.92. The van der Waals surface area contributed by atoms with Crippen LogP contribution in [0.4, 0.5) is 0 Å². The van der Waals surface area contributed by atoms with E-state index < -0.39 is 0 Å². The van der Waals surface area contributed by atoms with Crippen molar-refractivity contribution < 1.29 is 4.42 Å². The fourth-order valence-electron chi connectivity index (χ4n) is 6.97. The van der Waals surface area contributed by atoms with Gasteiger partial charge in [0.2, 0.25) is 0 Å². The highest BCUT2D eigenvalue weighted by molar-refractivity contribution is 6.26. The van der Waals surface area contributed by atoms with E-state index in [9.17, 15) is 0 Å². The predicted molar refractivity (Wildman–Crippen MR) is 183 cm³/mol. The van der Waals surface area contributed by atoms with Gasteiger partial charge in [0.15, 0.2) is 0 Å². The zero-order valence-corrected chi connectivity index (χ0v) is 23.4. The quantitative estimate of drug-likeness (QED) is 0.201. The molecule has 200 valence electrons. The Bertz CT molecular complexity index is 2440. The van der Waals surface area contributed by atoms with Gasteiger partial charge in [0.05, 0.1) is 0 Å². The van der Waals surface area contributed by atoms with E-state index in [0.717, 1.165) is 27.5 Å². The number of para-hydroxylation sites is 2. The van der Waals surface area contributed by atoms with E-state index in [1.165, 1.54) is 60.1 Å². The number of benzene rings is 8. The maximum atomic E-state index is 6.57. The standard InChI is InChI=1S/C42H26O/c1-2-13-27(14-3-1)29-25-28-15-4-5-16-30(28)38(26-29)41-34-20-8-6-18-32(34)40(33-19-7-9-21-35(33)41)37-23-12-22-36-31-17-10-11-24-39(31)43-42(36)37/h1-26H. The summed E-state index contributed by atoms with van der Waals surface area (Å²) in [6.45, 7) is 0. The highest BCUT2D eigenvalue weighted by atomic mass is 16.3. The lowest BCUT2D eigenvalue weighted by atomic mass is 9.83. The van der Waals surface area contributed by atoms with Gasteiger partial charge in [-0.05, 0) is 72.8 Å². The topological polar surface area (TPSA) is 13.1 Å². The van der Waals surface area contributed by atoms with Crippen LogP contribution in [0.1, 0.15) is 0 Å². The van der Waals surface area contributed by atoms with Crippen molar-refractivity contribution in [3.63, 3.8) is 0 Å². The first kappa shape index (κ1) is 24.0. The second-order valence-electron chi connectivity index (χ2n) is 11.2. The summed E-state index contributed by atoms with van der Waals surface area (Å²) in [5.41, 5.74) is 9.13. The molecular weight excluding hydrogens is 520 g/mol. The van der Waals surface area contributed by atoms with E-state index in [4.69, 9.17) is 4.42 Å². The normalized spacial score (nSPS) is 11.7. The van der Waals surface area contributed by atoms with Crippen LogP contribution in [0.2, 0.25) is 0 Å². The Kier molecular flexibility index (Phi) is 5.27. The Morgan fingerprint density at radius 2 is 0.860 bits per heavy atom. The van der Waals surface area contributed by atoms with E-state index >= 15 is 0 Å². The molecule has 43 heavy (non-hydrogen) atoms. The fraction of sp³-hybridized carbons (Fsp3) is 0. The van der Waals surface area contributed by atoms with Crippen LogP contribution in [0.3, 0.4) is 0 Å². The number of furan rings is 1. The molecule has 0 aliphatic carbocycles. The zero-order valence-electron chi connectivity index (χ0n) is 23.4. The third kappa shape index (κ3) is 3.65. The smallest absolute Gasteiger partial charge is 0.143 e. The third-order valence-corrected chi connectivity index (χ3v) is 8.84. The molecule has 1 heterocycles. The van der Waals surface area contributed by atoms with E-state index in [-0.39, 0.29) is 0 Å². The summed E-state index contributed by atoms with van der Waals surface area (Å²) < 4.78 is 6.57. The molecule has 0 aliphatic heterocycles. The molecule has 8 aromatic carbocycles. The molecular formula is C42H26O. The van der Waals surface area contributed by atoms with Crippen molar-refractivity contribution in [1.82, 2.24) is 0 Å². The van der Waals surface area contributed by atoms with Crippen LogP contribution < -0.4 is 0 Å². The van der Waals surface area contributed by atoms with Gasteiger partial charge < -0.3 is 4.42 Å². The van der Waals surface area contributed by atoms with Crippen LogP contribution in [0.25, 0.3) is 87.6 Å². The molecule has 0 atom stereocenters. The van der Waals surface area contributed by atoms with Crippen LogP contribution in [0.5, 0.6) is 0 Å². The van der Waals surface area contributed by atoms with Crippen LogP contribution in [-0.2, 0) is 0 Å². The van der Waals surface area contributed by atoms with E-state index in [2.05, 4.69) is 152 Å². The monoisotopic (exact) mass is 546 g/mol. The summed E-state index contributed by atoms with van der Waals surface area (Å²) in [6, 6.07) is 56.8. The van der Waals surface area contributed by atoms with Crippen molar-refractivity contribution in [3.8, 4) is 33.4 Å². The molecule has 1 heteroatoms. The number of fused-ring (bicyclic) bond motifs is 6. The maximum absolute atomic E-state index is 6.57. The van der Waals surface area contributed by atoms with Crippen molar-refractivity contribution >= 4 is 54.3 Å². The highest BCUT2D eigenvalue weighted by Gasteiger charge is 2.21. The Hall–Kier alpha value is -5.66. The van der Waals surface area contributed by atoms with Crippen LogP contribution in [0.15, 0.2) is 162 Å². The average molecular weight is 547 g/mol. The molecule has 0 unspecified atom stereocenters. The van der Waals surface area contributed by atoms with Crippen molar-refractivity contribution in [2.75, 3.05) is 0 Å². The minimum Gasteiger partial charge on any atom is -0.455 e. The van der Waals surface area contributed by atoms with Gasteiger partial charge >= 0.3 is 0 Å². The van der Waals surface area contributed by atoms with Gasteiger partial charge in [-0.1, -0.05) is 140 Å². The number of rotatable bonds is 3. The van der Waals surface area contributed by atoms with Gasteiger partial charge in [0, 0.05) is 21.9 Å². The molecule has 9 aromatic rings. The van der Waals surface area contributed by atoms with Gasteiger partial charge in [-0.25, -0.2) is 0 Å². The van der Waals surface area contributed by atoms with Crippen molar-refractivity contribution in [3.05, 3.63) is 158 Å². The van der Waals surface area contributed by atoms with Gasteiger partial charge in [0.25, 0.3) is 0 Å². The van der Waals surface area contributed by atoms with Crippen LogP contribution >= 0.6 is 0 Å². The average Bonchev–Trinajstić information content (AvgIpc) is 3.46. The second kappa shape index (κ2) is 9.44. The first-order valence-corrected chi connectivity index (χ1v) is 14.8. The molecule has 0 aliphatic rings. The number of hydrogen-bond acceptors (Lipinski definition) is 1. The fourth-order valence-corrected chi connectivity index (χ4v) is 6.97. The molecule has 0 N–H and O–H groups in total. The SMILES string of the molecule is c1ccc(-c2cc(-c3c4ccccc4c(-c4cccc5c4oc4ccccc45)c4ccccc34)c3ccccc3c2)cc1. The minimum absolute atomic E-state index is 0.916. The van der Waals surface area contributed by atoms with E-state index in [1.807, 2.05) is 6.07 Å². The molecule has 0 saturated carbocycles. The minimum atomic E-state index is 0.916. The molecule has 0 saturated heterocycles. The third-order valence-electron chi connectivity index (χ3n) is 8.84. The predicted octanol–water partition coefficient (Wildman–Crippen LogP) is 12.0. The van der Waals surface area contributed by atoms with Crippen LogP contribution in [0, 0.1) is 0 Å². The Labute approximate surface area is 249 Å². The van der Waals surface area contributed by atoms with E-state index in [0.29, 0.717) is 0 Å². The lowest BCUT2D eigenvalue weighted by molar-refractivity contribution is 0.670. The molecule has 9 rings (SSSR count). The Morgan fingerprint density at radius 1 is 0.326 bits per heavy atom. The Morgan fingerprint density at radius 3 is 1.56 bits per heavy atom. The summed E-state index contributed by atoms with van der Waals surface area (Å²) in [5, 5.41) is 9.70. The molecule has 0 fully saturated rings. The summed E-state index contributed by atoms with van der Waals surface area (Å²) >= 11 is 0. The summed E-state index contributed by atoms with van der Waals surface area (Å²) in [6.07, 6.45) is 0. The Balaban J connectivity index is 1.44. The van der Waals surface area contributed by atoms with Gasteiger partial charge in [0.1, 0.15) is 11.2 Å². The highest BCUT2D eigenvalue weighted by Crippen LogP contribution is 2.48. The molecule has 1 aromatic heterocycles. The summed E-state index contributed by atoms with van der Waals surface area (Å²) in [5.74, 6) is 0. The molecule has 0 spiro atoms. The molecule has 0 amide bonds. The molecule has 1 nitrogen and oxygen atoms in total. The first-order chi connectivity index (χ1) is 21.3. The lowest BCUT2D eigenvalue weighted by Gasteiger charge is -2.19. The summed E-state index contributed by atoms with van der Waals surface area (Å²) in [7, 11) is 0. The zero-order chi connectivity index (χ0) is 28.3. The van der Waals surface area contributed by atoms with Gasteiger partial charge in [-0.2, -0.15) is 0 Å².